The van der Waals surface area contributed by atoms with Crippen molar-refractivity contribution in [3.63, 3.8) is 0 Å². The molecular formula is C15H22N2O2. The van der Waals surface area contributed by atoms with Crippen LogP contribution in [-0.2, 0) is 11.3 Å². The van der Waals surface area contributed by atoms with Crippen LogP contribution in [0.2, 0.25) is 0 Å². The number of likely N-dealkylation sites (tertiary alicyclic amines) is 1. The molecule has 1 aliphatic heterocycles. The summed E-state index contributed by atoms with van der Waals surface area (Å²) in [7, 11) is 5.76. The van der Waals surface area contributed by atoms with Crippen LogP contribution in [-0.4, -0.2) is 56.1 Å². The summed E-state index contributed by atoms with van der Waals surface area (Å²) in [4.78, 5) is 16.4. The monoisotopic (exact) mass is 262 g/mol. The number of hydrogen-bond donors (Lipinski definition) is 0. The minimum Gasteiger partial charge on any atom is -0.380 e. The number of ether oxygens (including phenoxy) is 1. The first-order valence-corrected chi connectivity index (χ1v) is 6.66. The first-order chi connectivity index (χ1) is 9.10. The van der Waals surface area contributed by atoms with E-state index in [2.05, 4.69) is 11.0 Å². The van der Waals surface area contributed by atoms with E-state index in [1.54, 1.807) is 7.11 Å². The molecule has 1 fully saturated rings. The molecule has 0 radical (unpaired) electrons. The highest BCUT2D eigenvalue weighted by molar-refractivity contribution is 5.94. The SMILES string of the molecule is COC1CCN(C(=O)c2cccc(CN(C)C)c2)C1. The van der Waals surface area contributed by atoms with E-state index in [1.807, 2.05) is 37.2 Å². The number of methoxy groups -OCH3 is 1. The van der Waals surface area contributed by atoms with Crippen LogP contribution in [0.5, 0.6) is 0 Å². The summed E-state index contributed by atoms with van der Waals surface area (Å²) in [6, 6.07) is 7.89. The molecule has 1 aromatic rings. The lowest BCUT2D eigenvalue weighted by molar-refractivity contribution is 0.0724. The fourth-order valence-electron chi connectivity index (χ4n) is 2.46. The molecule has 19 heavy (non-hydrogen) atoms. The van der Waals surface area contributed by atoms with Gasteiger partial charge in [0, 0.05) is 32.3 Å². The molecule has 0 saturated carbocycles. The molecule has 1 unspecified atom stereocenters. The summed E-state index contributed by atoms with van der Waals surface area (Å²) in [6.45, 7) is 2.34. The Bertz CT molecular complexity index is 446. The van der Waals surface area contributed by atoms with Gasteiger partial charge in [0.15, 0.2) is 0 Å². The van der Waals surface area contributed by atoms with Crippen molar-refractivity contribution in [2.75, 3.05) is 34.3 Å². The maximum absolute atomic E-state index is 12.4. The van der Waals surface area contributed by atoms with Gasteiger partial charge in [0.1, 0.15) is 0 Å². The van der Waals surface area contributed by atoms with E-state index in [0.717, 1.165) is 25.1 Å². The Morgan fingerprint density at radius 3 is 2.89 bits per heavy atom. The highest BCUT2D eigenvalue weighted by atomic mass is 16.5. The molecule has 1 saturated heterocycles. The van der Waals surface area contributed by atoms with Crippen molar-refractivity contribution in [1.29, 1.82) is 0 Å². The summed E-state index contributed by atoms with van der Waals surface area (Å²) < 4.78 is 5.30. The second-order valence-corrected chi connectivity index (χ2v) is 5.34. The number of hydrogen-bond acceptors (Lipinski definition) is 3. The minimum absolute atomic E-state index is 0.111. The van der Waals surface area contributed by atoms with E-state index < -0.39 is 0 Å². The minimum atomic E-state index is 0.111. The molecule has 4 nitrogen and oxygen atoms in total. The average Bonchev–Trinajstić information content (AvgIpc) is 2.86. The summed E-state index contributed by atoms with van der Waals surface area (Å²) in [5, 5.41) is 0. The fourth-order valence-corrected chi connectivity index (χ4v) is 2.46. The smallest absolute Gasteiger partial charge is 0.253 e. The molecule has 2 rings (SSSR count). The fraction of sp³-hybridized carbons (Fsp3) is 0.533. The molecule has 0 N–H and O–H groups in total. The van der Waals surface area contributed by atoms with Crippen molar-refractivity contribution in [2.24, 2.45) is 0 Å². The number of carbonyl (C=O) groups excluding carboxylic acids is 1. The molecule has 1 heterocycles. The van der Waals surface area contributed by atoms with Gasteiger partial charge in [0.05, 0.1) is 6.10 Å². The summed E-state index contributed by atoms with van der Waals surface area (Å²) in [5.74, 6) is 0.111. The lowest BCUT2D eigenvalue weighted by Crippen LogP contribution is -2.30. The zero-order valence-corrected chi connectivity index (χ0v) is 11.9. The zero-order valence-electron chi connectivity index (χ0n) is 11.9. The van der Waals surface area contributed by atoms with Crippen molar-refractivity contribution in [3.8, 4) is 0 Å². The van der Waals surface area contributed by atoms with Crippen LogP contribution in [0.4, 0.5) is 0 Å². The molecule has 0 aromatic heterocycles. The number of amides is 1. The van der Waals surface area contributed by atoms with Gasteiger partial charge in [0.25, 0.3) is 5.91 Å². The normalized spacial score (nSPS) is 19.2. The Morgan fingerprint density at radius 1 is 1.47 bits per heavy atom. The van der Waals surface area contributed by atoms with E-state index in [4.69, 9.17) is 4.74 Å². The maximum atomic E-state index is 12.4. The second-order valence-electron chi connectivity index (χ2n) is 5.34. The lowest BCUT2D eigenvalue weighted by atomic mass is 10.1. The quantitative estimate of drug-likeness (QED) is 0.826. The summed E-state index contributed by atoms with van der Waals surface area (Å²) in [5.41, 5.74) is 1.94. The van der Waals surface area contributed by atoms with Gasteiger partial charge in [-0.2, -0.15) is 0 Å². The van der Waals surface area contributed by atoms with Gasteiger partial charge in [-0.05, 0) is 38.2 Å². The first-order valence-electron chi connectivity index (χ1n) is 6.66. The maximum Gasteiger partial charge on any atom is 0.253 e. The van der Waals surface area contributed by atoms with Gasteiger partial charge in [-0.3, -0.25) is 4.79 Å². The predicted molar refractivity (Wildman–Crippen MR) is 75.2 cm³/mol. The van der Waals surface area contributed by atoms with Crippen LogP contribution < -0.4 is 0 Å². The Morgan fingerprint density at radius 2 is 2.26 bits per heavy atom. The molecule has 1 aromatic carbocycles. The van der Waals surface area contributed by atoms with Crippen LogP contribution in [0.3, 0.4) is 0 Å². The standard InChI is InChI=1S/C15H22N2O2/c1-16(2)10-12-5-4-6-13(9-12)15(18)17-8-7-14(11-17)19-3/h4-6,9,14H,7-8,10-11H2,1-3H3. The third-order valence-corrected chi connectivity index (χ3v) is 3.44. The molecule has 0 spiro atoms. The van der Waals surface area contributed by atoms with Crippen LogP contribution in [0.15, 0.2) is 24.3 Å². The Balaban J connectivity index is 2.07. The predicted octanol–water partition coefficient (Wildman–Crippen LogP) is 1.61. The van der Waals surface area contributed by atoms with E-state index in [1.165, 1.54) is 5.56 Å². The van der Waals surface area contributed by atoms with Crippen LogP contribution in [0.25, 0.3) is 0 Å². The summed E-state index contributed by atoms with van der Waals surface area (Å²) in [6.07, 6.45) is 1.12. The molecule has 0 bridgehead atoms. The first kappa shape index (κ1) is 14.0. The second kappa shape index (κ2) is 6.17. The van der Waals surface area contributed by atoms with Gasteiger partial charge >= 0.3 is 0 Å². The summed E-state index contributed by atoms with van der Waals surface area (Å²) >= 11 is 0. The van der Waals surface area contributed by atoms with Gasteiger partial charge < -0.3 is 14.5 Å². The van der Waals surface area contributed by atoms with Gasteiger partial charge in [-0.25, -0.2) is 0 Å². The molecule has 104 valence electrons. The molecule has 0 aliphatic carbocycles. The van der Waals surface area contributed by atoms with E-state index in [-0.39, 0.29) is 12.0 Å². The van der Waals surface area contributed by atoms with Gasteiger partial charge in [-0.15, -0.1) is 0 Å². The topological polar surface area (TPSA) is 32.8 Å². The average molecular weight is 262 g/mol. The molecular weight excluding hydrogens is 240 g/mol. The highest BCUT2D eigenvalue weighted by Crippen LogP contribution is 2.16. The van der Waals surface area contributed by atoms with E-state index >= 15 is 0 Å². The number of carbonyl (C=O) groups is 1. The van der Waals surface area contributed by atoms with E-state index in [9.17, 15) is 4.79 Å². The van der Waals surface area contributed by atoms with Crippen LogP contribution >= 0.6 is 0 Å². The third-order valence-electron chi connectivity index (χ3n) is 3.44. The Hall–Kier alpha value is -1.39. The van der Waals surface area contributed by atoms with Crippen LogP contribution in [0.1, 0.15) is 22.3 Å². The van der Waals surface area contributed by atoms with Crippen molar-refractivity contribution in [3.05, 3.63) is 35.4 Å². The van der Waals surface area contributed by atoms with Crippen molar-refractivity contribution < 1.29 is 9.53 Å². The molecule has 1 amide bonds. The third kappa shape index (κ3) is 3.55. The van der Waals surface area contributed by atoms with Gasteiger partial charge in [-0.1, -0.05) is 12.1 Å². The zero-order chi connectivity index (χ0) is 13.8. The highest BCUT2D eigenvalue weighted by Gasteiger charge is 2.26. The van der Waals surface area contributed by atoms with Gasteiger partial charge in [0.2, 0.25) is 0 Å². The van der Waals surface area contributed by atoms with Crippen molar-refractivity contribution in [2.45, 2.75) is 19.1 Å². The Kier molecular flexibility index (Phi) is 4.56. The molecule has 1 atom stereocenters. The molecule has 4 heteroatoms. The van der Waals surface area contributed by atoms with Crippen molar-refractivity contribution in [1.82, 2.24) is 9.80 Å². The number of rotatable bonds is 4. The Labute approximate surface area is 115 Å². The molecule has 1 aliphatic rings. The number of nitrogens with zero attached hydrogens (tertiary/aromatic N) is 2. The van der Waals surface area contributed by atoms with Crippen molar-refractivity contribution >= 4 is 5.91 Å². The lowest BCUT2D eigenvalue weighted by Gasteiger charge is -2.17. The van der Waals surface area contributed by atoms with Crippen LogP contribution in [0, 0.1) is 0 Å². The van der Waals surface area contributed by atoms with E-state index in [0.29, 0.717) is 6.54 Å². The largest absolute Gasteiger partial charge is 0.380 e. The number of benzene rings is 1.